The predicted octanol–water partition coefficient (Wildman–Crippen LogP) is 5.45. The molecule has 2 aliphatic heterocycles. The zero-order valence-electron chi connectivity index (χ0n) is 23.0. The number of aliphatic imine (C=N–C) groups is 1. The van der Waals surface area contributed by atoms with Gasteiger partial charge in [-0.3, -0.25) is 9.79 Å². The normalized spacial score (nSPS) is 23.6. The highest BCUT2D eigenvalue weighted by atomic mass is 35.5. The summed E-state index contributed by atoms with van der Waals surface area (Å²) in [4.78, 5) is 21.7. The minimum Gasteiger partial charge on any atom is -0.394 e. The van der Waals surface area contributed by atoms with E-state index in [0.29, 0.717) is 31.6 Å². The van der Waals surface area contributed by atoms with Crippen LogP contribution in [0, 0.1) is 5.92 Å². The van der Waals surface area contributed by atoms with E-state index >= 15 is 0 Å². The van der Waals surface area contributed by atoms with Gasteiger partial charge in [0.05, 0.1) is 6.10 Å². The van der Waals surface area contributed by atoms with E-state index < -0.39 is 0 Å². The van der Waals surface area contributed by atoms with E-state index in [1.165, 1.54) is 50.8 Å². The van der Waals surface area contributed by atoms with Crippen molar-refractivity contribution in [2.45, 2.75) is 76.7 Å². The summed E-state index contributed by atoms with van der Waals surface area (Å²) >= 11 is 5.86. The molecule has 0 bridgehead atoms. The van der Waals surface area contributed by atoms with E-state index in [1.54, 1.807) is 10.5 Å². The molecule has 38 heavy (non-hydrogen) atoms. The lowest BCUT2D eigenvalue weighted by Gasteiger charge is -2.30. The first-order chi connectivity index (χ1) is 18.4. The number of aliphatic hydroxyl groups excluding tert-OH is 1. The first-order valence-corrected chi connectivity index (χ1v) is 14.9. The Bertz CT molecular complexity index is 1030. The Kier molecular flexibility index (Phi) is 10.9. The summed E-state index contributed by atoms with van der Waals surface area (Å²) in [5, 5.41) is 10.4. The van der Waals surface area contributed by atoms with Gasteiger partial charge in [-0.05, 0) is 114 Å². The average molecular weight is 541 g/mol. The molecule has 0 spiro atoms. The molecule has 5 rings (SSSR count). The van der Waals surface area contributed by atoms with Gasteiger partial charge in [0, 0.05) is 35.9 Å². The number of likely N-dealkylation sites (tertiary alicyclic amines) is 2. The molecule has 0 atom stereocenters. The Hall–Kier alpha value is -2.15. The number of piperidine rings is 2. The third kappa shape index (κ3) is 8.42. The molecule has 1 aromatic carbocycles. The molecule has 2 saturated heterocycles. The van der Waals surface area contributed by atoms with Gasteiger partial charge in [-0.15, -0.1) is 0 Å². The summed E-state index contributed by atoms with van der Waals surface area (Å²) in [6, 6.07) is 8.00. The van der Waals surface area contributed by atoms with Crippen molar-refractivity contribution in [3.05, 3.63) is 51.7 Å². The molecule has 0 radical (unpaired) electrons. The Morgan fingerprint density at radius 3 is 2.45 bits per heavy atom. The van der Waals surface area contributed by atoms with Crippen LogP contribution in [0.5, 0.6) is 0 Å². The van der Waals surface area contributed by atoms with Crippen molar-refractivity contribution >= 4 is 29.3 Å². The number of halogens is 1. The van der Waals surface area contributed by atoms with E-state index in [1.807, 2.05) is 18.2 Å². The van der Waals surface area contributed by atoms with Crippen molar-refractivity contribution in [2.75, 3.05) is 39.8 Å². The number of hydrogen-bond donors (Lipinski definition) is 2. The highest BCUT2D eigenvalue weighted by molar-refractivity contribution is 6.30. The number of allylic oxidation sites excluding steroid dienone is 2. The summed E-state index contributed by atoms with van der Waals surface area (Å²) in [6.07, 6.45) is 13.7. The van der Waals surface area contributed by atoms with E-state index in [0.717, 1.165) is 54.5 Å². The molecule has 4 aliphatic rings. The van der Waals surface area contributed by atoms with Crippen LogP contribution in [0.3, 0.4) is 0 Å². The fraction of sp³-hybridized carbons (Fsp3) is 0.613. The van der Waals surface area contributed by atoms with Crippen molar-refractivity contribution in [2.24, 2.45) is 16.6 Å². The van der Waals surface area contributed by atoms with Gasteiger partial charge in [-0.25, -0.2) is 0 Å². The zero-order chi connectivity index (χ0) is 26.9. The monoisotopic (exact) mass is 540 g/mol. The summed E-state index contributed by atoms with van der Waals surface area (Å²) in [6.45, 7) is 4.43. The molecule has 1 aromatic rings. The lowest BCUT2D eigenvalue weighted by molar-refractivity contribution is -0.129. The average Bonchev–Trinajstić information content (AvgIpc) is 3.36. The number of nitrogens with zero attached hydrogens (tertiary/aromatic N) is 3. The van der Waals surface area contributed by atoms with Gasteiger partial charge in [-0.1, -0.05) is 35.4 Å². The molecule has 2 saturated carbocycles. The van der Waals surface area contributed by atoms with Gasteiger partial charge in [-0.2, -0.15) is 0 Å². The fourth-order valence-corrected chi connectivity index (χ4v) is 5.85. The number of benzene rings is 1. The number of amides is 1. The molecule has 6 nitrogen and oxygen atoms in total. The maximum atomic E-state index is 12.7. The van der Waals surface area contributed by atoms with Crippen molar-refractivity contribution in [1.82, 2.24) is 9.80 Å². The number of aliphatic hydroxyl groups is 1. The first kappa shape index (κ1) is 28.8. The maximum absolute atomic E-state index is 12.7. The largest absolute Gasteiger partial charge is 0.394 e. The Balaban J connectivity index is 0.000000232. The van der Waals surface area contributed by atoms with Crippen LogP contribution in [-0.2, 0) is 4.79 Å². The molecular weight excluding hydrogens is 496 g/mol. The second kappa shape index (κ2) is 14.3. The molecule has 3 N–H and O–H groups in total. The standard InChI is InChI=1S/C20H34N4O2.C11H11Cl/c1-23-11-6-15(7-12-23)5-10-22-18-4-2-3-17(18)19(21)20(26)24-13-8-16(25)9-14-24;12-11-6-2-5-10(8-11)7-9-3-1-4-9/h15-16,25H,2-14,21H2,1H3;2,5-8H,1,3-4H2/b19-17-,22-18?;. The Morgan fingerprint density at radius 2 is 1.79 bits per heavy atom. The molecule has 7 heteroatoms. The number of carbonyl (C=O) groups is 1. The van der Waals surface area contributed by atoms with Crippen LogP contribution in [0.2, 0.25) is 5.02 Å². The topological polar surface area (TPSA) is 82.2 Å². The first-order valence-electron chi connectivity index (χ1n) is 14.5. The van der Waals surface area contributed by atoms with Crippen LogP contribution in [0.1, 0.15) is 76.2 Å². The van der Waals surface area contributed by atoms with Gasteiger partial charge in [0.1, 0.15) is 5.70 Å². The van der Waals surface area contributed by atoms with Gasteiger partial charge < -0.3 is 20.6 Å². The molecular formula is C31H45ClN4O2. The molecule has 1 amide bonds. The Morgan fingerprint density at radius 1 is 1.08 bits per heavy atom. The molecule has 208 valence electrons. The summed E-state index contributed by atoms with van der Waals surface area (Å²) in [5.41, 5.74) is 11.5. The maximum Gasteiger partial charge on any atom is 0.270 e. The van der Waals surface area contributed by atoms with Gasteiger partial charge in [0.2, 0.25) is 0 Å². The number of carbonyl (C=O) groups excluding carboxylic acids is 1. The smallest absolute Gasteiger partial charge is 0.270 e. The minimum absolute atomic E-state index is 0.0724. The summed E-state index contributed by atoms with van der Waals surface area (Å²) in [7, 11) is 2.19. The van der Waals surface area contributed by atoms with Gasteiger partial charge in [0.15, 0.2) is 0 Å². The highest BCUT2D eigenvalue weighted by Crippen LogP contribution is 2.28. The zero-order valence-corrected chi connectivity index (χ0v) is 23.8. The van der Waals surface area contributed by atoms with Crippen LogP contribution in [0.4, 0.5) is 0 Å². The summed E-state index contributed by atoms with van der Waals surface area (Å²) in [5.74, 6) is 0.708. The van der Waals surface area contributed by atoms with Crippen LogP contribution in [0.25, 0.3) is 6.08 Å². The van der Waals surface area contributed by atoms with E-state index in [2.05, 4.69) is 24.1 Å². The lowest BCUT2D eigenvalue weighted by Crippen LogP contribution is -2.42. The molecule has 0 aromatic heterocycles. The minimum atomic E-state index is -0.281. The van der Waals surface area contributed by atoms with Gasteiger partial charge in [0.25, 0.3) is 5.91 Å². The molecule has 2 heterocycles. The Labute approximate surface area is 233 Å². The number of nitrogens with two attached hydrogens (primary N) is 1. The highest BCUT2D eigenvalue weighted by Gasteiger charge is 2.27. The van der Waals surface area contributed by atoms with E-state index in [4.69, 9.17) is 22.3 Å². The predicted molar refractivity (Wildman–Crippen MR) is 157 cm³/mol. The number of hydrogen-bond acceptors (Lipinski definition) is 5. The summed E-state index contributed by atoms with van der Waals surface area (Å²) < 4.78 is 0. The van der Waals surface area contributed by atoms with Crippen LogP contribution in [0.15, 0.2) is 46.1 Å². The SMILES string of the molecule is CN1CCC(CCN=C2CCC/C2=C(/N)C(=O)N2CCC(O)CC2)CC1.Clc1cccc(C=C2CCC2)c1. The van der Waals surface area contributed by atoms with Crippen molar-refractivity contribution in [3.63, 3.8) is 0 Å². The molecule has 4 fully saturated rings. The van der Waals surface area contributed by atoms with E-state index in [-0.39, 0.29) is 12.0 Å². The lowest BCUT2D eigenvalue weighted by atomic mass is 9.91. The van der Waals surface area contributed by atoms with E-state index in [9.17, 15) is 9.90 Å². The van der Waals surface area contributed by atoms with Crippen molar-refractivity contribution in [1.29, 1.82) is 0 Å². The molecule has 2 aliphatic carbocycles. The third-order valence-electron chi connectivity index (χ3n) is 8.39. The second-order valence-electron chi connectivity index (χ2n) is 11.3. The van der Waals surface area contributed by atoms with Crippen LogP contribution >= 0.6 is 11.6 Å². The van der Waals surface area contributed by atoms with Crippen molar-refractivity contribution in [3.8, 4) is 0 Å². The van der Waals surface area contributed by atoms with Crippen LogP contribution in [-0.4, -0.2) is 72.4 Å². The van der Waals surface area contributed by atoms with Crippen molar-refractivity contribution < 1.29 is 9.90 Å². The third-order valence-corrected chi connectivity index (χ3v) is 8.62. The van der Waals surface area contributed by atoms with Crippen LogP contribution < -0.4 is 5.73 Å². The fourth-order valence-electron chi connectivity index (χ4n) is 5.65. The number of rotatable bonds is 5. The van der Waals surface area contributed by atoms with Gasteiger partial charge >= 0.3 is 0 Å². The quantitative estimate of drug-likeness (QED) is 0.487. The second-order valence-corrected chi connectivity index (χ2v) is 11.8. The molecule has 0 unspecified atom stereocenters.